The molecule has 8 heteroatoms. The van der Waals surface area contributed by atoms with Crippen molar-refractivity contribution in [1.29, 1.82) is 0 Å². The van der Waals surface area contributed by atoms with Gasteiger partial charge in [0.2, 0.25) is 0 Å². The first-order valence-electron chi connectivity index (χ1n) is 5.53. The third-order valence-corrected chi connectivity index (χ3v) is 3.74. The number of nitrogens with zero attached hydrogens (tertiary/aromatic N) is 3. The van der Waals surface area contributed by atoms with Gasteiger partial charge < -0.3 is 0 Å². The van der Waals surface area contributed by atoms with E-state index in [1.54, 1.807) is 24.3 Å². The Morgan fingerprint density at radius 2 is 2.20 bits per heavy atom. The van der Waals surface area contributed by atoms with Crippen LogP contribution in [0.15, 0.2) is 35.4 Å². The van der Waals surface area contributed by atoms with Crippen LogP contribution in [0.1, 0.15) is 5.56 Å². The number of hydrazone groups is 1. The number of benzene rings is 1. The van der Waals surface area contributed by atoms with Crippen LogP contribution in [0.4, 0.5) is 5.69 Å². The van der Waals surface area contributed by atoms with Gasteiger partial charge in [0.05, 0.1) is 16.2 Å². The van der Waals surface area contributed by atoms with Crippen molar-refractivity contribution in [3.05, 3.63) is 46.0 Å². The molecule has 0 N–H and O–H groups in total. The fourth-order valence-electron chi connectivity index (χ4n) is 1.51. The van der Waals surface area contributed by atoms with Crippen molar-refractivity contribution >= 4 is 52.2 Å². The number of hydrogen-bond acceptors (Lipinski definition) is 6. The second-order valence-electron chi connectivity index (χ2n) is 3.70. The predicted molar refractivity (Wildman–Crippen MR) is 82.5 cm³/mol. The quantitative estimate of drug-likeness (QED) is 0.369. The standard InChI is InChI=1S/C12H9N3O3S2/c16-11-8-20-12(19)14(11)13-7-3-5-9-4-1-2-6-10(9)15(17)18/h1-7H,8H2/b5-3+,13-7-. The molecule has 2 rings (SSSR count). The van der Waals surface area contributed by atoms with E-state index >= 15 is 0 Å². The molecule has 1 aromatic carbocycles. The average molecular weight is 307 g/mol. The van der Waals surface area contributed by atoms with Crippen molar-refractivity contribution in [3.63, 3.8) is 0 Å². The van der Waals surface area contributed by atoms with Crippen molar-refractivity contribution in [1.82, 2.24) is 5.01 Å². The van der Waals surface area contributed by atoms with Crippen molar-refractivity contribution in [3.8, 4) is 0 Å². The van der Waals surface area contributed by atoms with Crippen LogP contribution >= 0.6 is 24.0 Å². The minimum atomic E-state index is -0.452. The summed E-state index contributed by atoms with van der Waals surface area (Å²) in [6.07, 6.45) is 4.46. The molecule has 0 spiro atoms. The molecule has 1 amide bonds. The molecule has 0 aliphatic carbocycles. The summed E-state index contributed by atoms with van der Waals surface area (Å²) >= 11 is 6.21. The molecule has 1 saturated heterocycles. The van der Waals surface area contributed by atoms with Crippen LogP contribution in [0.25, 0.3) is 6.08 Å². The van der Waals surface area contributed by atoms with E-state index in [2.05, 4.69) is 5.10 Å². The van der Waals surface area contributed by atoms with Gasteiger partial charge in [-0.3, -0.25) is 14.9 Å². The highest BCUT2D eigenvalue weighted by Crippen LogP contribution is 2.20. The number of amides is 1. The first kappa shape index (κ1) is 14.4. The van der Waals surface area contributed by atoms with Gasteiger partial charge in [-0.25, -0.2) is 0 Å². The van der Waals surface area contributed by atoms with Gasteiger partial charge in [-0.15, -0.1) is 0 Å². The van der Waals surface area contributed by atoms with Gasteiger partial charge in [0.1, 0.15) is 0 Å². The molecule has 0 radical (unpaired) electrons. The molecule has 20 heavy (non-hydrogen) atoms. The Labute approximate surface area is 124 Å². The molecule has 1 heterocycles. The van der Waals surface area contributed by atoms with Gasteiger partial charge in [0, 0.05) is 12.3 Å². The molecule has 0 bridgehead atoms. The SMILES string of the molecule is O=C1CSC(=S)N1/N=C\C=C\c1ccccc1[N+](=O)[O-]. The van der Waals surface area contributed by atoms with Crippen LogP contribution in [0.3, 0.4) is 0 Å². The van der Waals surface area contributed by atoms with E-state index in [9.17, 15) is 14.9 Å². The zero-order valence-corrected chi connectivity index (χ0v) is 11.8. The maximum absolute atomic E-state index is 11.4. The highest BCUT2D eigenvalue weighted by Gasteiger charge is 2.25. The van der Waals surface area contributed by atoms with E-state index in [1.807, 2.05) is 0 Å². The first-order chi connectivity index (χ1) is 9.59. The maximum Gasteiger partial charge on any atom is 0.276 e. The number of nitro benzene ring substituents is 1. The lowest BCUT2D eigenvalue weighted by Gasteiger charge is -2.04. The number of thiocarbonyl (C=S) groups is 1. The number of carbonyl (C=O) groups is 1. The molecule has 0 unspecified atom stereocenters. The van der Waals surface area contributed by atoms with Crippen molar-refractivity contribution in [2.45, 2.75) is 0 Å². The lowest BCUT2D eigenvalue weighted by Crippen LogP contribution is -2.22. The fraction of sp³-hybridized carbons (Fsp3) is 0.0833. The number of hydrogen-bond donors (Lipinski definition) is 0. The van der Waals surface area contributed by atoms with E-state index in [0.717, 1.165) is 5.01 Å². The Kier molecular flexibility index (Phi) is 4.59. The van der Waals surface area contributed by atoms with Gasteiger partial charge in [-0.2, -0.15) is 10.1 Å². The van der Waals surface area contributed by atoms with Gasteiger partial charge in [-0.1, -0.05) is 36.1 Å². The fourth-order valence-corrected chi connectivity index (χ4v) is 2.47. The molecule has 0 aromatic heterocycles. The summed E-state index contributed by atoms with van der Waals surface area (Å²) < 4.78 is 0.408. The molecule has 102 valence electrons. The monoisotopic (exact) mass is 307 g/mol. The zero-order chi connectivity index (χ0) is 14.5. The topological polar surface area (TPSA) is 75.8 Å². The molecule has 1 aliphatic rings. The molecule has 0 saturated carbocycles. The van der Waals surface area contributed by atoms with Crippen LogP contribution in [-0.2, 0) is 4.79 Å². The summed E-state index contributed by atoms with van der Waals surface area (Å²) in [7, 11) is 0. The number of para-hydroxylation sites is 1. The largest absolute Gasteiger partial charge is 0.276 e. The van der Waals surface area contributed by atoms with Gasteiger partial charge in [-0.05, 0) is 18.2 Å². The van der Waals surface area contributed by atoms with E-state index in [1.165, 1.54) is 30.1 Å². The molecule has 1 aliphatic heterocycles. The summed E-state index contributed by atoms with van der Waals surface area (Å²) in [4.78, 5) is 21.7. The third kappa shape index (κ3) is 3.28. The normalized spacial score (nSPS) is 15.7. The third-order valence-electron chi connectivity index (χ3n) is 2.41. The zero-order valence-electron chi connectivity index (χ0n) is 10.1. The number of carbonyl (C=O) groups excluding carboxylic acids is 1. The average Bonchev–Trinajstić information content (AvgIpc) is 2.75. The summed E-state index contributed by atoms with van der Waals surface area (Å²) in [6.45, 7) is 0. The van der Waals surface area contributed by atoms with E-state index in [4.69, 9.17) is 12.2 Å². The van der Waals surface area contributed by atoms with Crippen molar-refractivity contribution in [2.75, 3.05) is 5.75 Å². The summed E-state index contributed by atoms with van der Waals surface area (Å²) in [6, 6.07) is 6.36. The second kappa shape index (κ2) is 6.40. The number of nitro groups is 1. The Bertz CT molecular complexity index is 612. The van der Waals surface area contributed by atoms with Crippen LogP contribution in [0.5, 0.6) is 0 Å². The number of allylic oxidation sites excluding steroid dienone is 1. The Balaban J connectivity index is 2.09. The Morgan fingerprint density at radius 1 is 1.45 bits per heavy atom. The summed E-state index contributed by atoms with van der Waals surface area (Å²) in [5, 5.41) is 15.9. The summed E-state index contributed by atoms with van der Waals surface area (Å²) in [5.74, 6) is 0.125. The number of thioether (sulfide) groups is 1. The molecule has 1 aromatic rings. The van der Waals surface area contributed by atoms with E-state index in [-0.39, 0.29) is 11.6 Å². The predicted octanol–water partition coefficient (Wildman–Crippen LogP) is 2.45. The van der Waals surface area contributed by atoms with Crippen LogP contribution in [0, 0.1) is 10.1 Å². The van der Waals surface area contributed by atoms with Crippen LogP contribution < -0.4 is 0 Å². The highest BCUT2D eigenvalue weighted by molar-refractivity contribution is 8.23. The van der Waals surface area contributed by atoms with Gasteiger partial charge in [0.25, 0.3) is 11.6 Å². The first-order valence-corrected chi connectivity index (χ1v) is 6.93. The maximum atomic E-state index is 11.4. The molecule has 0 atom stereocenters. The number of rotatable bonds is 4. The minimum absolute atomic E-state index is 0.0143. The smallest absolute Gasteiger partial charge is 0.272 e. The van der Waals surface area contributed by atoms with Crippen molar-refractivity contribution in [2.24, 2.45) is 5.10 Å². The van der Waals surface area contributed by atoms with Gasteiger partial charge in [0.15, 0.2) is 4.32 Å². The second-order valence-corrected chi connectivity index (χ2v) is 5.31. The molecule has 1 fully saturated rings. The Hall–Kier alpha value is -2.06. The minimum Gasteiger partial charge on any atom is -0.272 e. The molecule has 6 nitrogen and oxygen atoms in total. The van der Waals surface area contributed by atoms with Crippen molar-refractivity contribution < 1.29 is 9.72 Å². The lowest BCUT2D eigenvalue weighted by molar-refractivity contribution is -0.385. The van der Waals surface area contributed by atoms with Gasteiger partial charge >= 0.3 is 0 Å². The van der Waals surface area contributed by atoms with E-state index in [0.29, 0.717) is 15.6 Å². The molecular weight excluding hydrogens is 298 g/mol. The van der Waals surface area contributed by atoms with Crippen LogP contribution in [-0.4, -0.2) is 32.1 Å². The van der Waals surface area contributed by atoms with Crippen LogP contribution in [0.2, 0.25) is 0 Å². The highest BCUT2D eigenvalue weighted by atomic mass is 32.2. The lowest BCUT2D eigenvalue weighted by atomic mass is 10.2. The summed E-state index contributed by atoms with van der Waals surface area (Å²) in [5.41, 5.74) is 0.481. The molecular formula is C12H9N3O3S2. The van der Waals surface area contributed by atoms with E-state index < -0.39 is 4.92 Å². The Morgan fingerprint density at radius 3 is 2.85 bits per heavy atom.